The highest BCUT2D eigenvalue weighted by atomic mass is 16.6. The zero-order valence-electron chi connectivity index (χ0n) is 28.1. The third kappa shape index (κ3) is 8.97. The Hall–Kier alpha value is -3.88. The van der Waals surface area contributed by atoms with Crippen molar-refractivity contribution in [1.29, 1.82) is 0 Å². The summed E-state index contributed by atoms with van der Waals surface area (Å²) < 4.78 is 17.1. The van der Waals surface area contributed by atoms with Gasteiger partial charge in [-0.3, -0.25) is 28.8 Å². The first-order chi connectivity index (χ1) is 22.8. The highest BCUT2D eigenvalue weighted by Crippen LogP contribution is 2.36. The molecule has 1 aromatic carbocycles. The number of hydrogen-bond acceptors (Lipinski definition) is 10. The van der Waals surface area contributed by atoms with Crippen LogP contribution in [0.2, 0.25) is 0 Å². The maximum Gasteiger partial charge on any atom is 0.325 e. The van der Waals surface area contributed by atoms with Crippen molar-refractivity contribution >= 4 is 35.4 Å². The summed E-state index contributed by atoms with van der Waals surface area (Å²) in [5.74, 6) is -7.89. The second kappa shape index (κ2) is 16.5. The van der Waals surface area contributed by atoms with E-state index in [1.165, 1.54) is 14.2 Å². The lowest BCUT2D eigenvalue weighted by molar-refractivity contribution is -0.267. The first-order valence-electron chi connectivity index (χ1n) is 16.7. The highest BCUT2D eigenvalue weighted by Gasteiger charge is 2.53. The molecule has 7 atom stereocenters. The van der Waals surface area contributed by atoms with Crippen molar-refractivity contribution in [1.82, 2.24) is 20.4 Å². The molecule has 4 amide bonds. The largest absolute Gasteiger partial charge is 0.459 e. The minimum atomic E-state index is -2.45. The molecule has 0 radical (unpaired) electrons. The topological polar surface area (TPSA) is 181 Å². The van der Waals surface area contributed by atoms with Crippen LogP contribution >= 0.6 is 0 Å². The lowest BCUT2D eigenvalue weighted by atomic mass is 9.85. The first-order valence-corrected chi connectivity index (χ1v) is 16.7. The minimum Gasteiger partial charge on any atom is -0.459 e. The van der Waals surface area contributed by atoms with Gasteiger partial charge in [-0.2, -0.15) is 0 Å². The summed E-state index contributed by atoms with van der Waals surface area (Å²) in [6.07, 6.45) is 0.760. The van der Waals surface area contributed by atoms with Crippen LogP contribution in [0.5, 0.6) is 0 Å². The summed E-state index contributed by atoms with van der Waals surface area (Å²) in [6.45, 7) is 2.51. The molecule has 3 unspecified atom stereocenters. The average Bonchev–Trinajstić information content (AvgIpc) is 3.08. The number of ether oxygens (including phenoxy) is 3. The summed E-state index contributed by atoms with van der Waals surface area (Å²) in [6, 6.07) is 7.20. The van der Waals surface area contributed by atoms with Crippen LogP contribution in [0, 0.1) is 5.92 Å². The molecule has 3 heterocycles. The van der Waals surface area contributed by atoms with Crippen molar-refractivity contribution in [3.63, 3.8) is 0 Å². The van der Waals surface area contributed by atoms with E-state index in [4.69, 9.17) is 14.2 Å². The van der Waals surface area contributed by atoms with E-state index in [0.717, 1.165) is 15.4 Å². The van der Waals surface area contributed by atoms with Gasteiger partial charge in [0.25, 0.3) is 11.7 Å². The Morgan fingerprint density at radius 1 is 1.00 bits per heavy atom. The Morgan fingerprint density at radius 2 is 1.73 bits per heavy atom. The molecule has 14 nitrogen and oxygen atoms in total. The molecular formula is C34H48N4O10. The number of benzene rings is 1. The van der Waals surface area contributed by atoms with E-state index in [2.05, 4.69) is 10.6 Å². The number of cyclic esters (lactones) is 1. The molecule has 2 bridgehead atoms. The van der Waals surface area contributed by atoms with Crippen LogP contribution in [0.15, 0.2) is 30.3 Å². The number of nitrogens with zero attached hydrogens (tertiary/aromatic N) is 2. The van der Waals surface area contributed by atoms with Gasteiger partial charge in [0.2, 0.25) is 23.5 Å². The SMILES string of the molecule is COC1CC2CC[C@@H](C)C(O)(O2)C(=O)C(=O)N2CCCC[C@H]2C(=O)N[C@H](CCc2ccccc2)C(=O)NCC(=O)N(C)CC(=O)O[C@H]1C. The average molecular weight is 673 g/mol. The van der Waals surface area contributed by atoms with Gasteiger partial charge in [-0.15, -0.1) is 0 Å². The Labute approximate surface area is 280 Å². The number of rotatable bonds is 4. The van der Waals surface area contributed by atoms with E-state index in [9.17, 15) is 33.9 Å². The molecule has 264 valence electrons. The molecule has 1 aromatic rings. The summed E-state index contributed by atoms with van der Waals surface area (Å²) in [5.41, 5.74) is 0.925. The maximum absolute atomic E-state index is 13.8. The number of esters is 1. The highest BCUT2D eigenvalue weighted by molar-refractivity contribution is 6.39. The maximum atomic E-state index is 13.8. The van der Waals surface area contributed by atoms with Gasteiger partial charge < -0.3 is 39.8 Å². The van der Waals surface area contributed by atoms with E-state index < -0.39 is 90.6 Å². The summed E-state index contributed by atoms with van der Waals surface area (Å²) in [4.78, 5) is 82.6. The molecule has 0 spiro atoms. The third-order valence-electron chi connectivity index (χ3n) is 9.56. The number of ketones is 1. The summed E-state index contributed by atoms with van der Waals surface area (Å²) in [7, 11) is 2.83. The van der Waals surface area contributed by atoms with Gasteiger partial charge in [0.1, 0.15) is 24.7 Å². The molecule has 4 rings (SSSR count). The molecule has 0 aliphatic carbocycles. The molecule has 3 N–H and O–H groups in total. The van der Waals surface area contributed by atoms with Crippen molar-refractivity contribution in [3.8, 4) is 0 Å². The van der Waals surface area contributed by atoms with Crippen LogP contribution in [0.1, 0.15) is 64.4 Å². The number of carbonyl (C=O) groups is 6. The number of fused-ring (bicyclic) bond motifs is 3. The quantitative estimate of drug-likeness (QED) is 0.301. The van der Waals surface area contributed by atoms with Crippen molar-refractivity contribution in [2.24, 2.45) is 5.92 Å². The second-order valence-electron chi connectivity index (χ2n) is 13.0. The van der Waals surface area contributed by atoms with Gasteiger partial charge >= 0.3 is 5.97 Å². The van der Waals surface area contributed by atoms with E-state index in [0.29, 0.717) is 32.1 Å². The number of likely N-dealkylation sites (N-methyl/N-ethyl adjacent to an activating group) is 1. The van der Waals surface area contributed by atoms with Gasteiger partial charge in [0, 0.05) is 33.0 Å². The number of nitrogens with one attached hydrogen (secondary N) is 2. The number of hydrogen-bond donors (Lipinski definition) is 3. The van der Waals surface area contributed by atoms with Crippen molar-refractivity contribution in [2.45, 2.75) is 101 Å². The van der Waals surface area contributed by atoms with Crippen LogP contribution in [0.25, 0.3) is 0 Å². The Balaban J connectivity index is 1.64. The zero-order chi connectivity index (χ0) is 35.0. The fraction of sp³-hybridized carbons (Fsp3) is 0.647. The molecule has 3 saturated heterocycles. The molecule has 0 saturated carbocycles. The van der Waals surface area contributed by atoms with Gasteiger partial charge in [0.05, 0.1) is 18.8 Å². The molecule has 14 heteroatoms. The first kappa shape index (κ1) is 36.9. The van der Waals surface area contributed by atoms with Gasteiger partial charge in [-0.25, -0.2) is 0 Å². The second-order valence-corrected chi connectivity index (χ2v) is 13.0. The van der Waals surface area contributed by atoms with E-state index in [1.54, 1.807) is 13.8 Å². The summed E-state index contributed by atoms with van der Waals surface area (Å²) >= 11 is 0. The Bertz CT molecular complexity index is 1340. The smallest absolute Gasteiger partial charge is 0.325 e. The minimum absolute atomic E-state index is 0.104. The number of amides is 4. The van der Waals surface area contributed by atoms with Gasteiger partial charge in [-0.1, -0.05) is 37.3 Å². The van der Waals surface area contributed by atoms with Crippen molar-refractivity contribution in [3.05, 3.63) is 35.9 Å². The fourth-order valence-electron chi connectivity index (χ4n) is 6.49. The molecular weight excluding hydrogens is 624 g/mol. The zero-order valence-corrected chi connectivity index (χ0v) is 28.1. The number of piperidine rings is 1. The molecule has 0 aromatic heterocycles. The normalized spacial score (nSPS) is 32.0. The van der Waals surface area contributed by atoms with Crippen molar-refractivity contribution < 1.29 is 48.1 Å². The predicted molar refractivity (Wildman–Crippen MR) is 171 cm³/mol. The standard InChI is InChI=1S/C34H48N4O10/c1-21-13-15-24-18-27(46-4)22(2)47-29(40)20-37(3)28(39)19-35-31(42)25(16-14-23-10-6-5-7-11-23)36-32(43)26-12-8-9-17-38(26)33(44)30(41)34(21,45)48-24/h5-7,10-11,21-22,24-27,45H,8-9,12-20H2,1-4H3,(H,35,42)(H,36,43)/t21-,22+,24?,25-,26+,27?,34?/m1/s1. The lowest BCUT2D eigenvalue weighted by Crippen LogP contribution is -2.62. The van der Waals surface area contributed by atoms with Crippen LogP contribution in [-0.4, -0.2) is 120 Å². The third-order valence-corrected chi connectivity index (χ3v) is 9.56. The molecule has 3 fully saturated rings. The van der Waals surface area contributed by atoms with Crippen LogP contribution in [0.4, 0.5) is 0 Å². The van der Waals surface area contributed by atoms with E-state index >= 15 is 0 Å². The van der Waals surface area contributed by atoms with Crippen LogP contribution in [-0.2, 0) is 49.4 Å². The number of methoxy groups -OCH3 is 1. The number of aliphatic hydroxyl groups is 1. The van der Waals surface area contributed by atoms with Crippen LogP contribution in [0.3, 0.4) is 0 Å². The number of carbonyl (C=O) groups excluding carboxylic acids is 6. The number of aryl methyl sites for hydroxylation is 1. The fourth-order valence-corrected chi connectivity index (χ4v) is 6.49. The van der Waals surface area contributed by atoms with E-state index in [-0.39, 0.29) is 25.8 Å². The summed E-state index contributed by atoms with van der Waals surface area (Å²) in [5, 5.41) is 16.9. The number of Topliss-reactive ketones (excluding diaryl/α,β-unsaturated/α-hetero) is 1. The molecule has 3 aliphatic heterocycles. The van der Waals surface area contributed by atoms with Crippen LogP contribution < -0.4 is 10.6 Å². The predicted octanol–water partition coefficient (Wildman–Crippen LogP) is 0.483. The molecule has 48 heavy (non-hydrogen) atoms. The monoisotopic (exact) mass is 672 g/mol. The van der Waals surface area contributed by atoms with Gasteiger partial charge in [-0.05, 0) is 57.4 Å². The van der Waals surface area contributed by atoms with E-state index in [1.807, 2.05) is 30.3 Å². The molecule has 3 aliphatic rings. The van der Waals surface area contributed by atoms with Gasteiger partial charge in [0.15, 0.2) is 0 Å². The Morgan fingerprint density at radius 3 is 2.44 bits per heavy atom. The van der Waals surface area contributed by atoms with Crippen molar-refractivity contribution in [2.75, 3.05) is 33.8 Å². The Kier molecular flexibility index (Phi) is 12.7. The lowest BCUT2D eigenvalue weighted by Gasteiger charge is -2.43.